The second kappa shape index (κ2) is 4.84. The van der Waals surface area contributed by atoms with Crippen molar-refractivity contribution in [2.45, 2.75) is 13.3 Å². The molecule has 0 saturated carbocycles. The number of carbonyl (C=O) groups excluding carboxylic acids is 1. The van der Waals surface area contributed by atoms with Crippen LogP contribution < -0.4 is 0 Å². The lowest BCUT2D eigenvalue weighted by Crippen LogP contribution is -2.35. The van der Waals surface area contributed by atoms with E-state index in [-0.39, 0.29) is 12.5 Å². The Hall–Kier alpha value is -2.43. The minimum Gasteiger partial charge on any atom is -0.481 e. The van der Waals surface area contributed by atoms with Crippen LogP contribution in [0.15, 0.2) is 36.4 Å². The summed E-state index contributed by atoms with van der Waals surface area (Å²) in [6.45, 7) is 2.36. The van der Waals surface area contributed by atoms with E-state index in [9.17, 15) is 14.7 Å². The summed E-state index contributed by atoms with van der Waals surface area (Å²) in [7, 11) is 0. The molecule has 0 spiro atoms. The lowest BCUT2D eigenvalue weighted by Gasteiger charge is -2.20. The zero-order valence-electron chi connectivity index (χ0n) is 11.7. The van der Waals surface area contributed by atoms with Gasteiger partial charge < -0.3 is 10.0 Å². The van der Waals surface area contributed by atoms with Crippen molar-refractivity contribution in [1.82, 2.24) is 9.88 Å². The first-order valence-corrected chi connectivity index (χ1v) is 6.88. The molecule has 1 aliphatic heterocycles. The smallest absolute Gasteiger partial charge is 0.311 e. The molecule has 0 aliphatic carbocycles. The van der Waals surface area contributed by atoms with E-state index >= 15 is 0 Å². The maximum Gasteiger partial charge on any atom is 0.311 e. The maximum absolute atomic E-state index is 12.5. The number of pyridine rings is 1. The third kappa shape index (κ3) is 2.35. The molecule has 0 bridgehead atoms. The summed E-state index contributed by atoms with van der Waals surface area (Å²) in [6, 6.07) is 11.2. The van der Waals surface area contributed by atoms with Gasteiger partial charge in [0.25, 0.3) is 5.91 Å². The van der Waals surface area contributed by atoms with Gasteiger partial charge in [0, 0.05) is 18.5 Å². The molecule has 0 radical (unpaired) electrons. The molecular formula is C16H16N2O3. The van der Waals surface area contributed by atoms with Gasteiger partial charge in [-0.1, -0.05) is 24.3 Å². The zero-order valence-corrected chi connectivity index (χ0v) is 11.7. The highest BCUT2D eigenvalue weighted by molar-refractivity contribution is 5.95. The molecule has 1 unspecified atom stereocenters. The molecule has 21 heavy (non-hydrogen) atoms. The Labute approximate surface area is 122 Å². The van der Waals surface area contributed by atoms with Gasteiger partial charge in [-0.3, -0.25) is 9.59 Å². The van der Waals surface area contributed by atoms with E-state index in [1.807, 2.05) is 30.3 Å². The molecule has 1 saturated heterocycles. The predicted octanol–water partition coefficient (Wildman–Crippen LogP) is 2.17. The molecule has 1 atom stereocenters. The highest BCUT2D eigenvalue weighted by atomic mass is 16.4. The lowest BCUT2D eigenvalue weighted by molar-refractivity contribution is -0.147. The molecule has 1 fully saturated rings. The first kappa shape index (κ1) is 13.5. The standard InChI is InChI=1S/C16H16N2O3/c1-16(15(20)21)8-9-18(10-16)14(19)13-7-6-11-4-2-3-5-12(11)17-13/h2-7H,8-10H2,1H3,(H,20,21). The van der Waals surface area contributed by atoms with E-state index in [0.717, 1.165) is 10.9 Å². The van der Waals surface area contributed by atoms with E-state index in [0.29, 0.717) is 18.7 Å². The molecule has 1 aliphatic rings. The van der Waals surface area contributed by atoms with Crippen LogP contribution in [0.25, 0.3) is 10.9 Å². The summed E-state index contributed by atoms with van der Waals surface area (Å²) in [6.07, 6.45) is 0.474. The van der Waals surface area contributed by atoms with Crippen molar-refractivity contribution in [2.75, 3.05) is 13.1 Å². The van der Waals surface area contributed by atoms with E-state index in [2.05, 4.69) is 4.98 Å². The molecule has 5 heteroatoms. The van der Waals surface area contributed by atoms with E-state index in [1.54, 1.807) is 17.9 Å². The molecule has 5 nitrogen and oxygen atoms in total. The number of amides is 1. The first-order chi connectivity index (χ1) is 9.99. The number of hydrogen-bond acceptors (Lipinski definition) is 3. The van der Waals surface area contributed by atoms with Gasteiger partial charge in [0.15, 0.2) is 0 Å². The van der Waals surface area contributed by atoms with Gasteiger partial charge in [0.2, 0.25) is 0 Å². The lowest BCUT2D eigenvalue weighted by atomic mass is 9.90. The summed E-state index contributed by atoms with van der Waals surface area (Å²) in [4.78, 5) is 29.7. The van der Waals surface area contributed by atoms with Crippen LogP contribution in [0.3, 0.4) is 0 Å². The van der Waals surface area contributed by atoms with E-state index in [1.165, 1.54) is 0 Å². The van der Waals surface area contributed by atoms with Crippen molar-refractivity contribution in [1.29, 1.82) is 0 Å². The van der Waals surface area contributed by atoms with Crippen LogP contribution in [0.4, 0.5) is 0 Å². The first-order valence-electron chi connectivity index (χ1n) is 6.88. The number of fused-ring (bicyclic) bond motifs is 1. The Morgan fingerprint density at radius 2 is 2.00 bits per heavy atom. The minimum absolute atomic E-state index is 0.203. The van der Waals surface area contributed by atoms with Crippen molar-refractivity contribution < 1.29 is 14.7 Å². The largest absolute Gasteiger partial charge is 0.481 e. The SMILES string of the molecule is CC1(C(=O)O)CCN(C(=O)c2ccc3ccccc3n2)C1. The zero-order chi connectivity index (χ0) is 15.0. The second-order valence-corrected chi connectivity index (χ2v) is 5.73. The van der Waals surface area contributed by atoms with Crippen LogP contribution in [0, 0.1) is 5.41 Å². The van der Waals surface area contributed by atoms with Gasteiger partial charge >= 0.3 is 5.97 Å². The van der Waals surface area contributed by atoms with Crippen LogP contribution in [0.5, 0.6) is 0 Å². The number of para-hydroxylation sites is 1. The van der Waals surface area contributed by atoms with Crippen LogP contribution in [0.1, 0.15) is 23.8 Å². The Kier molecular flexibility index (Phi) is 3.12. The Bertz CT molecular complexity index is 728. The van der Waals surface area contributed by atoms with E-state index in [4.69, 9.17) is 0 Å². The van der Waals surface area contributed by atoms with Gasteiger partial charge in [0.05, 0.1) is 10.9 Å². The maximum atomic E-state index is 12.5. The number of carboxylic acids is 1. The molecule has 1 N–H and O–H groups in total. The molecule has 108 valence electrons. The number of carbonyl (C=O) groups is 2. The highest BCUT2D eigenvalue weighted by Crippen LogP contribution is 2.31. The predicted molar refractivity (Wildman–Crippen MR) is 78.0 cm³/mol. The number of rotatable bonds is 2. The van der Waals surface area contributed by atoms with Gasteiger partial charge in [-0.2, -0.15) is 0 Å². The van der Waals surface area contributed by atoms with Gasteiger partial charge in [0.1, 0.15) is 5.69 Å². The number of aromatic nitrogens is 1. The molecule has 1 amide bonds. The minimum atomic E-state index is -0.857. The number of hydrogen-bond donors (Lipinski definition) is 1. The van der Waals surface area contributed by atoms with Crippen molar-refractivity contribution in [3.05, 3.63) is 42.1 Å². The van der Waals surface area contributed by atoms with Crippen molar-refractivity contribution in [2.24, 2.45) is 5.41 Å². The Morgan fingerprint density at radius 1 is 1.24 bits per heavy atom. The Balaban J connectivity index is 1.86. The molecule has 2 aromatic rings. The average Bonchev–Trinajstić information content (AvgIpc) is 2.90. The summed E-state index contributed by atoms with van der Waals surface area (Å²) < 4.78 is 0. The molecular weight excluding hydrogens is 268 g/mol. The number of nitrogens with zero attached hydrogens (tertiary/aromatic N) is 2. The van der Waals surface area contributed by atoms with Crippen LogP contribution in [-0.4, -0.2) is 40.0 Å². The third-order valence-corrected chi connectivity index (χ3v) is 4.09. The third-order valence-electron chi connectivity index (χ3n) is 4.09. The number of benzene rings is 1. The topological polar surface area (TPSA) is 70.5 Å². The number of carboxylic acid groups (broad SMARTS) is 1. The van der Waals surface area contributed by atoms with Crippen LogP contribution >= 0.6 is 0 Å². The van der Waals surface area contributed by atoms with Crippen molar-refractivity contribution >= 4 is 22.8 Å². The van der Waals surface area contributed by atoms with Crippen LogP contribution in [0.2, 0.25) is 0 Å². The fourth-order valence-electron chi connectivity index (χ4n) is 2.66. The van der Waals surface area contributed by atoms with Gasteiger partial charge in [-0.15, -0.1) is 0 Å². The monoisotopic (exact) mass is 284 g/mol. The summed E-state index contributed by atoms with van der Waals surface area (Å²) in [5, 5.41) is 10.2. The quantitative estimate of drug-likeness (QED) is 0.917. The van der Waals surface area contributed by atoms with Crippen molar-refractivity contribution in [3.8, 4) is 0 Å². The molecule has 1 aromatic carbocycles. The molecule has 3 rings (SSSR count). The van der Waals surface area contributed by atoms with Crippen molar-refractivity contribution in [3.63, 3.8) is 0 Å². The second-order valence-electron chi connectivity index (χ2n) is 5.73. The summed E-state index contributed by atoms with van der Waals surface area (Å²) >= 11 is 0. The summed E-state index contributed by atoms with van der Waals surface area (Å²) in [5.41, 5.74) is 0.277. The fourth-order valence-corrected chi connectivity index (χ4v) is 2.66. The van der Waals surface area contributed by atoms with Crippen LogP contribution in [-0.2, 0) is 4.79 Å². The van der Waals surface area contributed by atoms with E-state index < -0.39 is 11.4 Å². The van der Waals surface area contributed by atoms with Gasteiger partial charge in [-0.25, -0.2) is 4.98 Å². The molecule has 2 heterocycles. The number of aliphatic carboxylic acids is 1. The molecule has 1 aromatic heterocycles. The Morgan fingerprint density at radius 3 is 2.71 bits per heavy atom. The average molecular weight is 284 g/mol. The fraction of sp³-hybridized carbons (Fsp3) is 0.312. The normalized spacial score (nSPS) is 21.7. The van der Waals surface area contributed by atoms with Gasteiger partial charge in [-0.05, 0) is 25.5 Å². The highest BCUT2D eigenvalue weighted by Gasteiger charge is 2.42. The summed E-state index contributed by atoms with van der Waals surface area (Å²) in [5.74, 6) is -1.06. The number of likely N-dealkylation sites (tertiary alicyclic amines) is 1.